The number of nitrogens with one attached hydrogen (secondary N) is 2. The first kappa shape index (κ1) is 20.8. The van der Waals surface area contributed by atoms with E-state index in [0.717, 1.165) is 56.7 Å². The van der Waals surface area contributed by atoms with Crippen LogP contribution in [0, 0.1) is 0 Å². The predicted octanol–water partition coefficient (Wildman–Crippen LogP) is 2.51. The van der Waals surface area contributed by atoms with Crippen LogP contribution in [0.2, 0.25) is 5.02 Å². The zero-order valence-corrected chi connectivity index (χ0v) is 16.8. The van der Waals surface area contributed by atoms with Crippen molar-refractivity contribution in [1.82, 2.24) is 15.5 Å². The average Bonchev–Trinajstić information content (AvgIpc) is 2.66. The summed E-state index contributed by atoms with van der Waals surface area (Å²) in [6.07, 6.45) is 0. The van der Waals surface area contributed by atoms with E-state index in [9.17, 15) is 0 Å². The maximum atomic E-state index is 6.07. The SMILES string of the molecule is CCNC(=NCc1ccc(Cl)cc1OCC)NCC(C)N1CCOCC1. The van der Waals surface area contributed by atoms with E-state index >= 15 is 0 Å². The molecular weight excluding hydrogens is 352 g/mol. The number of hydrogen-bond donors (Lipinski definition) is 2. The van der Waals surface area contributed by atoms with Crippen LogP contribution in [-0.2, 0) is 11.3 Å². The van der Waals surface area contributed by atoms with Crippen LogP contribution in [0.25, 0.3) is 0 Å². The molecule has 146 valence electrons. The molecular formula is C19H31ClN4O2. The van der Waals surface area contributed by atoms with Gasteiger partial charge in [-0.2, -0.15) is 0 Å². The Hall–Kier alpha value is -1.50. The summed E-state index contributed by atoms with van der Waals surface area (Å²) in [5.41, 5.74) is 1.02. The summed E-state index contributed by atoms with van der Waals surface area (Å²) in [6, 6.07) is 6.11. The lowest BCUT2D eigenvalue weighted by Crippen LogP contribution is -2.49. The molecule has 2 N–H and O–H groups in total. The molecule has 0 aromatic heterocycles. The molecule has 1 aromatic rings. The molecule has 26 heavy (non-hydrogen) atoms. The number of hydrogen-bond acceptors (Lipinski definition) is 4. The molecule has 0 aliphatic carbocycles. The third-order valence-corrected chi connectivity index (χ3v) is 4.55. The minimum absolute atomic E-state index is 0.428. The minimum atomic E-state index is 0.428. The van der Waals surface area contributed by atoms with Crippen molar-refractivity contribution in [2.24, 2.45) is 4.99 Å². The van der Waals surface area contributed by atoms with Crippen LogP contribution in [0.5, 0.6) is 5.75 Å². The van der Waals surface area contributed by atoms with Crippen LogP contribution >= 0.6 is 11.6 Å². The van der Waals surface area contributed by atoms with Crippen LogP contribution in [0.15, 0.2) is 23.2 Å². The molecule has 0 amide bonds. The molecule has 0 bridgehead atoms. The van der Waals surface area contributed by atoms with Crippen molar-refractivity contribution in [2.45, 2.75) is 33.4 Å². The van der Waals surface area contributed by atoms with Gasteiger partial charge in [0.2, 0.25) is 0 Å². The Labute approximate surface area is 161 Å². The first-order chi connectivity index (χ1) is 12.6. The van der Waals surface area contributed by atoms with Gasteiger partial charge in [-0.1, -0.05) is 17.7 Å². The fourth-order valence-corrected chi connectivity index (χ4v) is 3.01. The van der Waals surface area contributed by atoms with Crippen molar-refractivity contribution < 1.29 is 9.47 Å². The van der Waals surface area contributed by atoms with Crippen LogP contribution in [0.3, 0.4) is 0 Å². The Morgan fingerprint density at radius 1 is 1.31 bits per heavy atom. The third-order valence-electron chi connectivity index (χ3n) is 4.31. The van der Waals surface area contributed by atoms with E-state index in [0.29, 0.717) is 24.2 Å². The molecule has 2 rings (SSSR count). The summed E-state index contributed by atoms with van der Waals surface area (Å²) < 4.78 is 11.1. The van der Waals surface area contributed by atoms with Crippen molar-refractivity contribution in [3.8, 4) is 5.75 Å². The summed E-state index contributed by atoms with van der Waals surface area (Å²) >= 11 is 6.07. The van der Waals surface area contributed by atoms with E-state index in [1.54, 1.807) is 0 Å². The van der Waals surface area contributed by atoms with Crippen molar-refractivity contribution in [3.63, 3.8) is 0 Å². The smallest absolute Gasteiger partial charge is 0.191 e. The fraction of sp³-hybridized carbons (Fsp3) is 0.632. The standard InChI is InChI=1S/C19H31ClN4O2/c1-4-21-19(22-13-15(3)24-8-10-25-11-9-24)23-14-16-6-7-17(20)12-18(16)26-5-2/h6-7,12,15H,4-5,8-11,13-14H2,1-3H3,(H2,21,22,23). The van der Waals surface area contributed by atoms with Crippen molar-refractivity contribution in [3.05, 3.63) is 28.8 Å². The van der Waals surface area contributed by atoms with Gasteiger partial charge in [0.15, 0.2) is 5.96 Å². The summed E-state index contributed by atoms with van der Waals surface area (Å²) in [5, 5.41) is 7.41. The minimum Gasteiger partial charge on any atom is -0.493 e. The first-order valence-electron chi connectivity index (χ1n) is 9.39. The van der Waals surface area contributed by atoms with E-state index in [4.69, 9.17) is 26.1 Å². The topological polar surface area (TPSA) is 58.1 Å². The normalized spacial score (nSPS) is 17.0. The number of aliphatic imine (C=N–C) groups is 1. The molecule has 7 heteroatoms. The van der Waals surface area contributed by atoms with Gasteiger partial charge in [0.05, 0.1) is 26.4 Å². The zero-order valence-electron chi connectivity index (χ0n) is 16.1. The molecule has 1 saturated heterocycles. The Balaban J connectivity index is 1.95. The van der Waals surface area contributed by atoms with Gasteiger partial charge < -0.3 is 20.1 Å². The number of ether oxygens (including phenoxy) is 2. The van der Waals surface area contributed by atoms with Crippen molar-refractivity contribution in [2.75, 3.05) is 46.0 Å². The molecule has 1 atom stereocenters. The highest BCUT2D eigenvalue weighted by Gasteiger charge is 2.17. The summed E-state index contributed by atoms with van der Waals surface area (Å²) in [7, 11) is 0. The van der Waals surface area contributed by atoms with Gasteiger partial charge in [0.25, 0.3) is 0 Å². The number of halogens is 1. The zero-order chi connectivity index (χ0) is 18.8. The quantitative estimate of drug-likeness (QED) is 0.534. The average molecular weight is 383 g/mol. The summed E-state index contributed by atoms with van der Waals surface area (Å²) in [5.74, 6) is 1.60. The van der Waals surface area contributed by atoms with Crippen LogP contribution in [0.1, 0.15) is 26.3 Å². The van der Waals surface area contributed by atoms with E-state index in [2.05, 4.69) is 29.4 Å². The molecule has 0 saturated carbocycles. The monoisotopic (exact) mass is 382 g/mol. The largest absolute Gasteiger partial charge is 0.493 e. The summed E-state index contributed by atoms with van der Waals surface area (Å²) in [4.78, 5) is 7.14. The van der Waals surface area contributed by atoms with Gasteiger partial charge in [0.1, 0.15) is 5.75 Å². The van der Waals surface area contributed by atoms with E-state index in [-0.39, 0.29) is 0 Å². The summed E-state index contributed by atoms with van der Waals surface area (Å²) in [6.45, 7) is 12.7. The van der Waals surface area contributed by atoms with Gasteiger partial charge in [0, 0.05) is 42.8 Å². The molecule has 1 fully saturated rings. The first-order valence-corrected chi connectivity index (χ1v) is 9.77. The van der Waals surface area contributed by atoms with Gasteiger partial charge in [-0.15, -0.1) is 0 Å². The predicted molar refractivity (Wildman–Crippen MR) is 107 cm³/mol. The number of benzene rings is 1. The second kappa shape index (κ2) is 11.3. The fourth-order valence-electron chi connectivity index (χ4n) is 2.85. The lowest BCUT2D eigenvalue weighted by Gasteiger charge is -2.32. The Bertz CT molecular complexity index is 577. The molecule has 1 heterocycles. The Kier molecular flexibility index (Phi) is 9.01. The number of rotatable bonds is 8. The van der Waals surface area contributed by atoms with Crippen molar-refractivity contribution in [1.29, 1.82) is 0 Å². The van der Waals surface area contributed by atoms with Crippen molar-refractivity contribution >= 4 is 17.6 Å². The lowest BCUT2D eigenvalue weighted by atomic mass is 10.2. The highest BCUT2D eigenvalue weighted by Crippen LogP contribution is 2.24. The van der Waals surface area contributed by atoms with Crippen LogP contribution in [0.4, 0.5) is 0 Å². The maximum absolute atomic E-state index is 6.07. The third kappa shape index (κ3) is 6.67. The number of morpholine rings is 1. The molecule has 1 aromatic carbocycles. The molecule has 0 spiro atoms. The van der Waals surface area contributed by atoms with Crippen LogP contribution in [-0.4, -0.2) is 62.9 Å². The van der Waals surface area contributed by atoms with Gasteiger partial charge in [-0.25, -0.2) is 4.99 Å². The van der Waals surface area contributed by atoms with Gasteiger partial charge >= 0.3 is 0 Å². The highest BCUT2D eigenvalue weighted by atomic mass is 35.5. The second-order valence-corrected chi connectivity index (χ2v) is 6.69. The number of nitrogens with zero attached hydrogens (tertiary/aromatic N) is 2. The Morgan fingerprint density at radius 3 is 2.77 bits per heavy atom. The van der Waals surface area contributed by atoms with Gasteiger partial charge in [-0.3, -0.25) is 4.90 Å². The maximum Gasteiger partial charge on any atom is 0.191 e. The molecule has 1 unspecified atom stereocenters. The molecule has 1 aliphatic heterocycles. The van der Waals surface area contributed by atoms with E-state index in [1.807, 2.05) is 25.1 Å². The van der Waals surface area contributed by atoms with Gasteiger partial charge in [-0.05, 0) is 32.9 Å². The number of guanidine groups is 1. The highest BCUT2D eigenvalue weighted by molar-refractivity contribution is 6.30. The molecule has 6 nitrogen and oxygen atoms in total. The second-order valence-electron chi connectivity index (χ2n) is 6.26. The van der Waals surface area contributed by atoms with E-state index < -0.39 is 0 Å². The molecule has 1 aliphatic rings. The molecule has 0 radical (unpaired) electrons. The lowest BCUT2D eigenvalue weighted by molar-refractivity contribution is 0.0211. The van der Waals surface area contributed by atoms with Crippen LogP contribution < -0.4 is 15.4 Å². The van der Waals surface area contributed by atoms with E-state index in [1.165, 1.54) is 0 Å². The Morgan fingerprint density at radius 2 is 2.08 bits per heavy atom.